The van der Waals surface area contributed by atoms with Gasteiger partial charge in [0.05, 0.1) is 0 Å². The lowest BCUT2D eigenvalue weighted by Crippen LogP contribution is -2.29. The maximum absolute atomic E-state index is 13.1. The average Bonchev–Trinajstić information content (AvgIpc) is 3.23. The molecule has 0 aromatic heterocycles. The molecule has 0 spiro atoms. The number of nitrogens with zero attached hydrogens (tertiary/aromatic N) is 12. The molecule has 2 atom stereocenters. The average molecular weight is 769 g/mol. The number of benzene rings is 4. The third-order valence-electron chi connectivity index (χ3n) is 9.87. The fourth-order valence-corrected chi connectivity index (χ4v) is 7.09. The van der Waals surface area contributed by atoms with E-state index in [1.54, 1.807) is 48.5 Å². The van der Waals surface area contributed by atoms with E-state index in [1.165, 1.54) is 0 Å². The topological polar surface area (TPSA) is 229 Å². The molecule has 2 aliphatic carbocycles. The van der Waals surface area contributed by atoms with Crippen molar-refractivity contribution >= 4 is 46.5 Å². The molecule has 0 radical (unpaired) electrons. The first kappa shape index (κ1) is 41.6. The van der Waals surface area contributed by atoms with Gasteiger partial charge in [0.15, 0.2) is 5.78 Å². The van der Waals surface area contributed by atoms with Crippen LogP contribution in [0.3, 0.4) is 0 Å². The van der Waals surface area contributed by atoms with Gasteiger partial charge >= 0.3 is 0 Å². The van der Waals surface area contributed by atoms with Gasteiger partial charge in [-0.2, -0.15) is 0 Å². The van der Waals surface area contributed by atoms with Crippen molar-refractivity contribution in [2.75, 3.05) is 0 Å². The number of hydrogen-bond acceptors (Lipinski definition) is 6. The molecule has 58 heavy (non-hydrogen) atoms. The van der Waals surface area contributed by atoms with Crippen molar-refractivity contribution in [3.05, 3.63) is 197 Å². The van der Waals surface area contributed by atoms with E-state index in [-0.39, 0.29) is 23.4 Å². The summed E-state index contributed by atoms with van der Waals surface area (Å²) in [6, 6.07) is 28.9. The van der Waals surface area contributed by atoms with Gasteiger partial charge in [-0.3, -0.25) is 9.59 Å². The number of hydrogen-bond donors (Lipinski definition) is 0. The Kier molecular flexibility index (Phi) is 15.0. The summed E-state index contributed by atoms with van der Waals surface area (Å²) in [5, 5.41) is 14.3. The van der Waals surface area contributed by atoms with E-state index in [1.807, 2.05) is 85.0 Å². The monoisotopic (exact) mass is 768 g/mol. The van der Waals surface area contributed by atoms with Gasteiger partial charge in [0.1, 0.15) is 5.78 Å². The summed E-state index contributed by atoms with van der Waals surface area (Å²) in [5.74, 6) is 0.752. The van der Waals surface area contributed by atoms with Gasteiger partial charge in [-0.15, -0.1) is 0 Å². The third-order valence-corrected chi connectivity index (χ3v) is 9.87. The van der Waals surface area contributed by atoms with Crippen LogP contribution in [-0.4, -0.2) is 11.6 Å². The zero-order valence-corrected chi connectivity index (χ0v) is 32.0. The van der Waals surface area contributed by atoms with Crippen LogP contribution in [0.25, 0.3) is 53.9 Å². The smallest absolute Gasteiger partial charge is 0.185 e. The highest BCUT2D eigenvalue weighted by atomic mass is 16.1. The van der Waals surface area contributed by atoms with Gasteiger partial charge in [-0.25, -0.2) is 0 Å². The van der Waals surface area contributed by atoms with Crippen LogP contribution in [0, 0.1) is 11.8 Å². The summed E-state index contributed by atoms with van der Waals surface area (Å²) in [6.45, 7) is 4.31. The van der Waals surface area contributed by atoms with Crippen molar-refractivity contribution in [1.82, 2.24) is 0 Å². The highest BCUT2D eigenvalue weighted by Crippen LogP contribution is 2.42. The minimum absolute atomic E-state index is 0.0785. The number of Topliss-reactive ketones (excluding diaryl/α,β-unsaturated/α-hetero) is 2. The fourth-order valence-electron chi connectivity index (χ4n) is 7.09. The fraction of sp³-hybridized carbons (Fsp3) is 0.227. The molecule has 0 amide bonds. The molecular formula is C44H40N12O2. The molecular weight excluding hydrogens is 729 g/mol. The van der Waals surface area contributed by atoms with Crippen LogP contribution >= 0.6 is 0 Å². The van der Waals surface area contributed by atoms with Gasteiger partial charge in [0, 0.05) is 65.4 Å². The van der Waals surface area contributed by atoms with E-state index in [0.717, 1.165) is 59.1 Å². The van der Waals surface area contributed by atoms with Crippen LogP contribution in [0.2, 0.25) is 0 Å². The highest BCUT2D eigenvalue weighted by molar-refractivity contribution is 6.09. The van der Waals surface area contributed by atoms with Crippen LogP contribution in [0.1, 0.15) is 73.6 Å². The summed E-state index contributed by atoms with van der Waals surface area (Å²) in [4.78, 5) is 37.1. The van der Waals surface area contributed by atoms with E-state index in [4.69, 9.17) is 22.1 Å². The van der Waals surface area contributed by atoms with Gasteiger partial charge in [-0.05, 0) is 81.9 Å². The zero-order valence-electron chi connectivity index (χ0n) is 32.0. The van der Waals surface area contributed by atoms with Gasteiger partial charge in [0.25, 0.3) is 0 Å². The number of azide groups is 4. The van der Waals surface area contributed by atoms with Crippen molar-refractivity contribution < 1.29 is 9.59 Å². The molecule has 14 heteroatoms. The molecule has 2 unspecified atom stereocenters. The van der Waals surface area contributed by atoms with Crippen LogP contribution in [-0.2, 0) is 9.59 Å². The number of carbonyl (C=O) groups excluding carboxylic acids is 2. The highest BCUT2D eigenvalue weighted by Gasteiger charge is 2.36. The lowest BCUT2D eigenvalue weighted by molar-refractivity contribution is -0.124. The number of ketones is 2. The summed E-state index contributed by atoms with van der Waals surface area (Å²) in [6.07, 6.45) is 14.5. The lowest BCUT2D eigenvalue weighted by Gasteiger charge is -2.32. The predicted octanol–water partition coefficient (Wildman–Crippen LogP) is 14.6. The standard InChI is InChI=1S/C25H22N6O.C19H18N6O/c1-18-16-21(6-2-4-19-8-12-23(13-9-19)28-30-26)25(32)22(17-18)7-3-5-20-10-14-24(15-11-20)29-31-27;1-12-10-17(13-2-6-15(7-3-13)22-24-20)19(26)18(11-12)14-4-8-16(9-5-14)23-25-21/h2-15,18H,16-17H2,1H3;2-9,12,17-18H,10-11H2,1H3. The maximum Gasteiger partial charge on any atom is 0.185 e. The van der Waals surface area contributed by atoms with E-state index in [2.05, 4.69) is 54.0 Å². The normalized spacial score (nSPS) is 20.3. The quantitative estimate of drug-likeness (QED) is 0.0663. The minimum Gasteiger partial charge on any atom is -0.298 e. The largest absolute Gasteiger partial charge is 0.298 e. The van der Waals surface area contributed by atoms with Crippen molar-refractivity contribution in [2.24, 2.45) is 32.3 Å². The maximum atomic E-state index is 13.1. The van der Waals surface area contributed by atoms with Crippen LogP contribution in [0.15, 0.2) is 153 Å². The molecule has 0 N–H and O–H groups in total. The molecule has 14 nitrogen and oxygen atoms in total. The molecule has 2 aliphatic rings. The third kappa shape index (κ3) is 11.7. The number of carbonyl (C=O) groups is 2. The first-order valence-corrected chi connectivity index (χ1v) is 18.6. The lowest BCUT2D eigenvalue weighted by atomic mass is 9.70. The van der Waals surface area contributed by atoms with E-state index in [9.17, 15) is 9.59 Å². The molecule has 4 aromatic rings. The SMILES string of the molecule is CC1CC(=CC=Cc2ccc(N=[N+]=[N-])cc2)C(=O)C(=CC=Cc2ccc(N=[N+]=[N-])cc2)C1.CC1CC(c2ccc(N=[N+]=[N-])cc2)C(=O)C(c2ccc(N=[N+]=[N-])cc2)C1. The second-order valence-corrected chi connectivity index (χ2v) is 14.2. The Morgan fingerprint density at radius 2 is 0.828 bits per heavy atom. The van der Waals surface area contributed by atoms with Crippen LogP contribution < -0.4 is 0 Å². The first-order chi connectivity index (χ1) is 28.2. The van der Waals surface area contributed by atoms with Crippen molar-refractivity contribution in [3.63, 3.8) is 0 Å². The Balaban J connectivity index is 0.000000226. The summed E-state index contributed by atoms with van der Waals surface area (Å²) < 4.78 is 0. The molecule has 288 valence electrons. The van der Waals surface area contributed by atoms with Gasteiger partial charge in [-0.1, -0.05) is 168 Å². The summed E-state index contributed by atoms with van der Waals surface area (Å²) in [7, 11) is 0. The van der Waals surface area contributed by atoms with Crippen molar-refractivity contribution in [1.29, 1.82) is 0 Å². The van der Waals surface area contributed by atoms with Crippen molar-refractivity contribution in [2.45, 2.75) is 51.4 Å². The molecule has 2 saturated carbocycles. The second-order valence-electron chi connectivity index (χ2n) is 14.2. The first-order valence-electron chi connectivity index (χ1n) is 18.6. The molecule has 0 heterocycles. The number of allylic oxidation sites excluding steroid dienone is 6. The van der Waals surface area contributed by atoms with E-state index >= 15 is 0 Å². The Morgan fingerprint density at radius 3 is 1.16 bits per heavy atom. The molecule has 6 rings (SSSR count). The molecule has 2 fully saturated rings. The van der Waals surface area contributed by atoms with E-state index < -0.39 is 0 Å². The Hall–Kier alpha value is -7.58. The summed E-state index contributed by atoms with van der Waals surface area (Å²) >= 11 is 0. The second kappa shape index (κ2) is 20.9. The van der Waals surface area contributed by atoms with E-state index in [0.29, 0.717) is 34.6 Å². The number of rotatable bonds is 10. The van der Waals surface area contributed by atoms with Gasteiger partial charge < -0.3 is 0 Å². The molecule has 0 bridgehead atoms. The zero-order chi connectivity index (χ0) is 41.3. The molecule has 0 aliphatic heterocycles. The van der Waals surface area contributed by atoms with Crippen LogP contribution in [0.4, 0.5) is 22.7 Å². The molecule has 0 saturated heterocycles. The predicted molar refractivity (Wildman–Crippen MR) is 228 cm³/mol. The molecule has 4 aromatic carbocycles. The Morgan fingerprint density at radius 1 is 0.500 bits per heavy atom. The summed E-state index contributed by atoms with van der Waals surface area (Å²) in [5.41, 5.74) is 41.6. The Bertz CT molecular complexity index is 2260. The minimum atomic E-state index is -0.166. The van der Waals surface area contributed by atoms with Crippen molar-refractivity contribution in [3.8, 4) is 0 Å². The van der Waals surface area contributed by atoms with Crippen LogP contribution in [0.5, 0.6) is 0 Å². The van der Waals surface area contributed by atoms with Gasteiger partial charge in [0.2, 0.25) is 0 Å². The Labute approximate surface area is 335 Å².